The topological polar surface area (TPSA) is 55.1 Å². The Morgan fingerprint density at radius 3 is 2.89 bits per heavy atom. The van der Waals surface area contributed by atoms with Crippen LogP contribution in [0.4, 0.5) is 5.69 Å². The summed E-state index contributed by atoms with van der Waals surface area (Å²) in [6.45, 7) is 0. The van der Waals surface area contributed by atoms with Gasteiger partial charge in [-0.1, -0.05) is 22.4 Å². The fraction of sp³-hybridized carbons (Fsp3) is 0.462. The second-order valence-corrected chi connectivity index (χ2v) is 6.55. The summed E-state index contributed by atoms with van der Waals surface area (Å²) in [6.07, 6.45) is 5.55. The van der Waals surface area contributed by atoms with Gasteiger partial charge in [0, 0.05) is 27.0 Å². The maximum atomic E-state index is 12.2. The highest BCUT2D eigenvalue weighted by Gasteiger charge is 2.28. The molecule has 5 heteroatoms. The first-order valence-corrected chi connectivity index (χ1v) is 8.08. The third-order valence-electron chi connectivity index (χ3n) is 3.25. The van der Waals surface area contributed by atoms with Crippen molar-refractivity contribution < 1.29 is 4.79 Å². The zero-order valence-corrected chi connectivity index (χ0v) is 12.7. The molecule has 3 N–H and O–H groups in total. The molecule has 18 heavy (non-hydrogen) atoms. The van der Waals surface area contributed by atoms with Gasteiger partial charge in [-0.25, -0.2) is 0 Å². The van der Waals surface area contributed by atoms with E-state index in [1.54, 1.807) is 18.2 Å². The second-order valence-electron chi connectivity index (χ2n) is 4.56. The monoisotopic (exact) mass is 328 g/mol. The van der Waals surface area contributed by atoms with Crippen molar-refractivity contribution in [2.45, 2.75) is 30.6 Å². The first-order chi connectivity index (χ1) is 8.60. The lowest BCUT2D eigenvalue weighted by molar-refractivity contribution is 0.0938. The average molecular weight is 329 g/mol. The van der Waals surface area contributed by atoms with E-state index in [9.17, 15) is 4.79 Å². The maximum Gasteiger partial charge on any atom is 0.251 e. The number of hydrogen-bond donors (Lipinski definition) is 2. The molecule has 0 radical (unpaired) electrons. The van der Waals surface area contributed by atoms with Gasteiger partial charge < -0.3 is 11.1 Å². The van der Waals surface area contributed by atoms with Crippen LogP contribution in [0.2, 0.25) is 0 Å². The molecule has 0 aliphatic heterocycles. The molecule has 0 bridgehead atoms. The first-order valence-electron chi connectivity index (χ1n) is 6.00. The number of amides is 1. The van der Waals surface area contributed by atoms with Crippen LogP contribution in [0.3, 0.4) is 0 Å². The smallest absolute Gasteiger partial charge is 0.251 e. The molecule has 1 aromatic carbocycles. The highest BCUT2D eigenvalue weighted by Crippen LogP contribution is 2.28. The van der Waals surface area contributed by atoms with Crippen LogP contribution >= 0.6 is 27.7 Å². The van der Waals surface area contributed by atoms with E-state index in [-0.39, 0.29) is 11.9 Å². The predicted octanol–water partition coefficient (Wildman–Crippen LogP) is 3.05. The third kappa shape index (κ3) is 3.20. The number of thioether (sulfide) groups is 1. The number of carbonyl (C=O) groups excluding carboxylic acids is 1. The number of nitrogens with two attached hydrogens (primary N) is 1. The van der Waals surface area contributed by atoms with Gasteiger partial charge in [0.1, 0.15) is 0 Å². The molecule has 0 spiro atoms. The third-order valence-corrected chi connectivity index (χ3v) is 4.88. The SMILES string of the molecule is CSC1CCCC1NC(=O)c1cc(N)cc(Br)c1. The molecule has 1 fully saturated rings. The summed E-state index contributed by atoms with van der Waals surface area (Å²) in [5.41, 5.74) is 6.96. The minimum atomic E-state index is -0.0334. The Kier molecular flexibility index (Phi) is 4.56. The lowest BCUT2D eigenvalue weighted by Gasteiger charge is -2.19. The van der Waals surface area contributed by atoms with Gasteiger partial charge in [0.15, 0.2) is 0 Å². The van der Waals surface area contributed by atoms with Gasteiger partial charge in [0.25, 0.3) is 5.91 Å². The van der Waals surface area contributed by atoms with Crippen LogP contribution in [-0.4, -0.2) is 23.5 Å². The second kappa shape index (κ2) is 5.97. The lowest BCUT2D eigenvalue weighted by atomic mass is 10.1. The minimum Gasteiger partial charge on any atom is -0.399 e. The van der Waals surface area contributed by atoms with E-state index >= 15 is 0 Å². The minimum absolute atomic E-state index is 0.0334. The van der Waals surface area contributed by atoms with E-state index in [1.807, 2.05) is 11.8 Å². The van der Waals surface area contributed by atoms with E-state index in [2.05, 4.69) is 27.5 Å². The fourth-order valence-electron chi connectivity index (χ4n) is 2.37. The van der Waals surface area contributed by atoms with Crippen LogP contribution in [0, 0.1) is 0 Å². The summed E-state index contributed by atoms with van der Waals surface area (Å²) >= 11 is 5.19. The zero-order valence-electron chi connectivity index (χ0n) is 10.3. The molecule has 1 aliphatic carbocycles. The van der Waals surface area contributed by atoms with Crippen molar-refractivity contribution in [2.75, 3.05) is 12.0 Å². The molecule has 3 nitrogen and oxygen atoms in total. The van der Waals surface area contributed by atoms with Gasteiger partial charge in [-0.2, -0.15) is 11.8 Å². The maximum absolute atomic E-state index is 12.2. The number of benzene rings is 1. The molecule has 0 saturated heterocycles. The van der Waals surface area contributed by atoms with E-state index in [0.29, 0.717) is 16.5 Å². The average Bonchev–Trinajstić information content (AvgIpc) is 2.75. The number of anilines is 1. The quantitative estimate of drug-likeness (QED) is 0.838. The largest absolute Gasteiger partial charge is 0.399 e. The van der Waals surface area contributed by atoms with E-state index < -0.39 is 0 Å². The number of hydrogen-bond acceptors (Lipinski definition) is 3. The van der Waals surface area contributed by atoms with Crippen molar-refractivity contribution >= 4 is 39.3 Å². The Hall–Kier alpha value is -0.680. The van der Waals surface area contributed by atoms with Crippen molar-refractivity contribution in [1.82, 2.24) is 5.32 Å². The molecule has 1 aromatic rings. The molecule has 2 atom stereocenters. The van der Waals surface area contributed by atoms with Crippen LogP contribution in [0.1, 0.15) is 29.6 Å². The number of halogens is 1. The fourth-order valence-corrected chi connectivity index (χ4v) is 3.81. The number of rotatable bonds is 3. The van der Waals surface area contributed by atoms with Crippen LogP contribution in [0.25, 0.3) is 0 Å². The molecule has 0 aromatic heterocycles. The van der Waals surface area contributed by atoms with Crippen molar-refractivity contribution in [2.24, 2.45) is 0 Å². The highest BCUT2D eigenvalue weighted by atomic mass is 79.9. The molecule has 98 valence electrons. The molecular formula is C13H17BrN2OS. The van der Waals surface area contributed by atoms with E-state index in [1.165, 1.54) is 12.8 Å². The van der Waals surface area contributed by atoms with E-state index in [4.69, 9.17) is 5.73 Å². The lowest BCUT2D eigenvalue weighted by Crippen LogP contribution is -2.38. The Morgan fingerprint density at radius 2 is 2.22 bits per heavy atom. The van der Waals surface area contributed by atoms with Crippen LogP contribution in [-0.2, 0) is 0 Å². The molecule has 2 unspecified atom stereocenters. The van der Waals surface area contributed by atoms with Crippen LogP contribution in [0.5, 0.6) is 0 Å². The molecule has 0 heterocycles. The summed E-state index contributed by atoms with van der Waals surface area (Å²) in [6, 6.07) is 5.59. The van der Waals surface area contributed by atoms with Crippen LogP contribution < -0.4 is 11.1 Å². The van der Waals surface area contributed by atoms with Gasteiger partial charge in [0.05, 0.1) is 0 Å². The summed E-state index contributed by atoms with van der Waals surface area (Å²) in [4.78, 5) is 12.2. The van der Waals surface area contributed by atoms with Gasteiger partial charge in [-0.15, -0.1) is 0 Å². The molecule has 1 saturated carbocycles. The summed E-state index contributed by atoms with van der Waals surface area (Å²) in [5, 5.41) is 3.65. The van der Waals surface area contributed by atoms with Crippen molar-refractivity contribution in [3.05, 3.63) is 28.2 Å². The number of nitrogens with one attached hydrogen (secondary N) is 1. The molecular weight excluding hydrogens is 312 g/mol. The van der Waals surface area contributed by atoms with E-state index in [0.717, 1.165) is 10.9 Å². The van der Waals surface area contributed by atoms with Crippen LogP contribution in [0.15, 0.2) is 22.7 Å². The summed E-state index contributed by atoms with van der Waals surface area (Å²) in [7, 11) is 0. The van der Waals surface area contributed by atoms with Crippen molar-refractivity contribution in [3.63, 3.8) is 0 Å². The summed E-state index contributed by atoms with van der Waals surface area (Å²) in [5.74, 6) is -0.0334. The molecule has 2 rings (SSSR count). The predicted molar refractivity (Wildman–Crippen MR) is 81.0 cm³/mol. The Morgan fingerprint density at radius 1 is 1.44 bits per heavy atom. The first kappa shape index (κ1) is 13.7. The Balaban J connectivity index is 2.07. The standard InChI is InChI=1S/C13H17BrN2OS/c1-18-12-4-2-3-11(12)16-13(17)8-5-9(14)7-10(15)6-8/h5-7,11-12H,2-4,15H2,1H3,(H,16,17). The van der Waals surface area contributed by atoms with Gasteiger partial charge >= 0.3 is 0 Å². The Labute approximate surface area is 120 Å². The van der Waals surface area contributed by atoms with Gasteiger partial charge in [-0.05, 0) is 37.3 Å². The van der Waals surface area contributed by atoms with Gasteiger partial charge in [0.2, 0.25) is 0 Å². The molecule has 1 amide bonds. The zero-order chi connectivity index (χ0) is 13.1. The Bertz CT molecular complexity index is 432. The highest BCUT2D eigenvalue weighted by molar-refractivity contribution is 9.10. The molecule has 1 aliphatic rings. The van der Waals surface area contributed by atoms with Crippen molar-refractivity contribution in [1.29, 1.82) is 0 Å². The normalized spacial score (nSPS) is 23.0. The van der Waals surface area contributed by atoms with Gasteiger partial charge in [-0.3, -0.25) is 4.79 Å². The number of carbonyl (C=O) groups is 1. The number of nitrogen functional groups attached to an aromatic ring is 1. The summed E-state index contributed by atoms with van der Waals surface area (Å²) < 4.78 is 0.834. The van der Waals surface area contributed by atoms with Crippen molar-refractivity contribution in [3.8, 4) is 0 Å².